The number of aliphatic hydroxyl groups is 1. The Hall–Kier alpha value is -2.08. The highest BCUT2D eigenvalue weighted by molar-refractivity contribution is 7.89. The van der Waals surface area contributed by atoms with Gasteiger partial charge in [-0.05, 0) is 31.5 Å². The molecule has 1 heterocycles. The van der Waals surface area contributed by atoms with Crippen molar-refractivity contribution in [2.45, 2.75) is 64.0 Å². The van der Waals surface area contributed by atoms with Gasteiger partial charge in [-0.15, -0.1) is 0 Å². The third-order valence-electron chi connectivity index (χ3n) is 5.46. The average Bonchev–Trinajstić information content (AvgIpc) is 2.75. The molecule has 0 radical (unpaired) electrons. The molecule has 0 unspecified atom stereocenters. The Morgan fingerprint density at radius 1 is 1.39 bits per heavy atom. The zero-order valence-electron chi connectivity index (χ0n) is 19.1. The molecule has 2 rings (SSSR count). The van der Waals surface area contributed by atoms with Crippen LogP contribution in [0.25, 0.3) is 0 Å². The molecule has 8 heteroatoms. The smallest absolute Gasteiger partial charge is 0.247 e. The van der Waals surface area contributed by atoms with Gasteiger partial charge in [0, 0.05) is 44.0 Å². The molecule has 1 aromatic rings. The number of rotatable bonds is 6. The molecule has 0 aromatic heterocycles. The zero-order chi connectivity index (χ0) is 23.2. The summed E-state index contributed by atoms with van der Waals surface area (Å²) in [7, 11) is -2.16. The van der Waals surface area contributed by atoms with E-state index in [1.54, 1.807) is 37.9 Å². The molecule has 0 saturated heterocycles. The number of carbonyl (C=O) groups is 1. The SMILES string of the molecule is CCCC#Cc1ccc2c(c1)O[C@H](CN(C)C(=O)CC)[C@@H](C)CN([C@@H](C)CO)S2(=O)=O. The Morgan fingerprint density at radius 2 is 2.10 bits per heavy atom. The highest BCUT2D eigenvalue weighted by Crippen LogP contribution is 2.34. The van der Waals surface area contributed by atoms with Crippen LogP contribution >= 0.6 is 0 Å². The first-order chi connectivity index (χ1) is 14.6. The first-order valence-electron chi connectivity index (χ1n) is 10.8. The van der Waals surface area contributed by atoms with E-state index < -0.39 is 22.2 Å². The number of sulfonamides is 1. The molecule has 0 aliphatic carbocycles. The number of amides is 1. The summed E-state index contributed by atoms with van der Waals surface area (Å²) in [4.78, 5) is 13.8. The predicted octanol–water partition coefficient (Wildman–Crippen LogP) is 2.48. The highest BCUT2D eigenvalue weighted by Gasteiger charge is 2.38. The standard InChI is InChI=1S/C23H34N2O5S/c1-6-8-9-10-19-11-12-22-20(13-19)30-21(15-24(5)23(27)7-2)17(3)14-25(18(4)16-26)31(22,28)29/h11-13,17-18,21,26H,6-8,14-16H2,1-5H3/t17-,18-,21+/m0/s1. The van der Waals surface area contributed by atoms with Gasteiger partial charge in [0.05, 0.1) is 13.2 Å². The molecule has 0 bridgehead atoms. The molecule has 1 aromatic carbocycles. The van der Waals surface area contributed by atoms with Crippen molar-refractivity contribution >= 4 is 15.9 Å². The van der Waals surface area contributed by atoms with Crippen molar-refractivity contribution in [3.05, 3.63) is 23.8 Å². The minimum atomic E-state index is -3.88. The van der Waals surface area contributed by atoms with Crippen LogP contribution in [-0.2, 0) is 14.8 Å². The van der Waals surface area contributed by atoms with E-state index in [-0.39, 0.29) is 35.6 Å². The van der Waals surface area contributed by atoms with Crippen LogP contribution in [0.2, 0.25) is 0 Å². The lowest BCUT2D eigenvalue weighted by Crippen LogP contribution is -2.50. The van der Waals surface area contributed by atoms with Crippen molar-refractivity contribution in [3.63, 3.8) is 0 Å². The maximum absolute atomic E-state index is 13.4. The zero-order valence-corrected chi connectivity index (χ0v) is 19.9. The number of fused-ring (bicyclic) bond motifs is 1. The fourth-order valence-corrected chi connectivity index (χ4v) is 5.28. The second-order valence-electron chi connectivity index (χ2n) is 8.08. The van der Waals surface area contributed by atoms with E-state index in [4.69, 9.17) is 4.74 Å². The molecule has 0 spiro atoms. The summed E-state index contributed by atoms with van der Waals surface area (Å²) < 4.78 is 34.4. The maximum atomic E-state index is 13.4. The lowest BCUT2D eigenvalue weighted by molar-refractivity contribution is -0.131. The van der Waals surface area contributed by atoms with E-state index in [0.29, 0.717) is 18.5 Å². The molecular formula is C23H34N2O5S. The second kappa shape index (κ2) is 11.0. The number of hydrogen-bond acceptors (Lipinski definition) is 5. The summed E-state index contributed by atoms with van der Waals surface area (Å²) in [5.41, 5.74) is 0.675. The van der Waals surface area contributed by atoms with Gasteiger partial charge in [0.25, 0.3) is 0 Å². The number of ether oxygens (including phenoxy) is 1. The number of benzene rings is 1. The molecule has 0 fully saturated rings. The van der Waals surface area contributed by atoms with E-state index in [0.717, 1.165) is 12.8 Å². The first-order valence-corrected chi connectivity index (χ1v) is 12.3. The summed E-state index contributed by atoms with van der Waals surface area (Å²) in [5.74, 6) is 6.13. The topological polar surface area (TPSA) is 87.2 Å². The minimum absolute atomic E-state index is 0.00882. The fraction of sp³-hybridized carbons (Fsp3) is 0.609. The summed E-state index contributed by atoms with van der Waals surface area (Å²) in [6.07, 6.45) is 1.66. The number of unbranched alkanes of at least 4 members (excludes halogenated alkanes) is 1. The Balaban J connectivity index is 2.56. The second-order valence-corrected chi connectivity index (χ2v) is 9.94. The van der Waals surface area contributed by atoms with Crippen molar-refractivity contribution in [2.24, 2.45) is 5.92 Å². The predicted molar refractivity (Wildman–Crippen MR) is 120 cm³/mol. The van der Waals surface area contributed by atoms with Gasteiger partial charge in [-0.1, -0.05) is 32.6 Å². The van der Waals surface area contributed by atoms with E-state index >= 15 is 0 Å². The molecule has 1 aliphatic heterocycles. The minimum Gasteiger partial charge on any atom is -0.487 e. The van der Waals surface area contributed by atoms with Crippen LogP contribution in [0, 0.1) is 17.8 Å². The van der Waals surface area contributed by atoms with E-state index in [1.165, 1.54) is 10.4 Å². The van der Waals surface area contributed by atoms with Crippen LogP contribution in [0.1, 0.15) is 52.5 Å². The molecule has 7 nitrogen and oxygen atoms in total. The van der Waals surface area contributed by atoms with Crippen LogP contribution in [-0.4, -0.2) is 67.5 Å². The van der Waals surface area contributed by atoms with E-state index in [2.05, 4.69) is 11.8 Å². The molecular weight excluding hydrogens is 416 g/mol. The van der Waals surface area contributed by atoms with Crippen LogP contribution in [0.15, 0.2) is 23.1 Å². The Morgan fingerprint density at radius 3 is 2.71 bits per heavy atom. The molecule has 1 N–H and O–H groups in total. The van der Waals surface area contributed by atoms with Gasteiger partial charge in [-0.3, -0.25) is 4.79 Å². The van der Waals surface area contributed by atoms with Crippen molar-refractivity contribution in [1.82, 2.24) is 9.21 Å². The van der Waals surface area contributed by atoms with Gasteiger partial charge >= 0.3 is 0 Å². The molecule has 1 aliphatic rings. The molecule has 172 valence electrons. The normalized spacial score (nSPS) is 21.5. The number of carbonyl (C=O) groups excluding carboxylic acids is 1. The fourth-order valence-electron chi connectivity index (χ4n) is 3.45. The summed E-state index contributed by atoms with van der Waals surface area (Å²) in [5, 5.41) is 9.69. The van der Waals surface area contributed by atoms with E-state index in [1.807, 2.05) is 13.8 Å². The number of likely N-dealkylation sites (N-methyl/N-ethyl adjacent to an activating group) is 1. The van der Waals surface area contributed by atoms with Crippen molar-refractivity contribution in [2.75, 3.05) is 26.7 Å². The molecule has 31 heavy (non-hydrogen) atoms. The molecule has 0 saturated carbocycles. The van der Waals surface area contributed by atoms with Gasteiger partial charge in [0.1, 0.15) is 16.7 Å². The summed E-state index contributed by atoms with van der Waals surface area (Å²) in [6, 6.07) is 4.27. The number of hydrogen-bond donors (Lipinski definition) is 1. The quantitative estimate of drug-likeness (QED) is 0.673. The van der Waals surface area contributed by atoms with Crippen molar-refractivity contribution < 1.29 is 23.1 Å². The monoisotopic (exact) mass is 450 g/mol. The lowest BCUT2D eigenvalue weighted by Gasteiger charge is -2.37. The number of nitrogens with zero attached hydrogens (tertiary/aromatic N) is 2. The third kappa shape index (κ3) is 6.00. The van der Waals surface area contributed by atoms with Crippen molar-refractivity contribution in [3.8, 4) is 17.6 Å². The first kappa shape index (κ1) is 25.2. The molecule has 1 amide bonds. The van der Waals surface area contributed by atoms with Gasteiger partial charge in [-0.2, -0.15) is 4.31 Å². The maximum Gasteiger partial charge on any atom is 0.247 e. The largest absolute Gasteiger partial charge is 0.487 e. The third-order valence-corrected chi connectivity index (χ3v) is 7.48. The summed E-state index contributed by atoms with van der Waals surface area (Å²) in [6.45, 7) is 7.65. The Bertz CT molecular complexity index is 935. The van der Waals surface area contributed by atoms with Gasteiger partial charge in [0.15, 0.2) is 0 Å². The van der Waals surface area contributed by atoms with Crippen LogP contribution in [0.3, 0.4) is 0 Å². The van der Waals surface area contributed by atoms with Crippen LogP contribution in [0.4, 0.5) is 0 Å². The molecule has 3 atom stereocenters. The van der Waals surface area contributed by atoms with E-state index in [9.17, 15) is 18.3 Å². The van der Waals surface area contributed by atoms with Crippen LogP contribution in [0.5, 0.6) is 5.75 Å². The van der Waals surface area contributed by atoms with Gasteiger partial charge < -0.3 is 14.7 Å². The highest BCUT2D eigenvalue weighted by atomic mass is 32.2. The Labute approximate surface area is 186 Å². The van der Waals surface area contributed by atoms with Crippen molar-refractivity contribution in [1.29, 1.82) is 0 Å². The Kier molecular flexibility index (Phi) is 8.92. The lowest BCUT2D eigenvalue weighted by atomic mass is 10.0. The number of aliphatic hydroxyl groups excluding tert-OH is 1. The summed E-state index contributed by atoms with van der Waals surface area (Å²) >= 11 is 0. The van der Waals surface area contributed by atoms with Gasteiger partial charge in [-0.25, -0.2) is 8.42 Å². The van der Waals surface area contributed by atoms with Gasteiger partial charge in [0.2, 0.25) is 15.9 Å². The van der Waals surface area contributed by atoms with Crippen LogP contribution < -0.4 is 4.74 Å². The average molecular weight is 451 g/mol.